The van der Waals surface area contributed by atoms with Crippen LogP contribution in [0.5, 0.6) is 0 Å². The largest absolute Gasteiger partial charge is 0.392 e. The maximum Gasteiger partial charge on any atom is 0.0608 e. The van der Waals surface area contributed by atoms with Gasteiger partial charge in [0.2, 0.25) is 0 Å². The quantitative estimate of drug-likeness (QED) is 0.568. The molecule has 2 unspecified atom stereocenters. The molecule has 2 atom stereocenters. The van der Waals surface area contributed by atoms with E-state index >= 15 is 0 Å². The van der Waals surface area contributed by atoms with E-state index in [0.717, 1.165) is 19.3 Å². The van der Waals surface area contributed by atoms with Crippen LogP contribution in [0.4, 0.5) is 0 Å². The number of unbranched alkanes of at least 4 members (excludes halogenated alkanes) is 5. The molecular weight excluding hydrogens is 232 g/mol. The molecule has 1 rings (SSSR count). The average Bonchev–Trinajstić information content (AvgIpc) is 2.45. The summed E-state index contributed by atoms with van der Waals surface area (Å²) in [4.78, 5) is 0. The van der Waals surface area contributed by atoms with Crippen LogP contribution in [-0.2, 0) is 0 Å². The van der Waals surface area contributed by atoms with E-state index in [2.05, 4.69) is 38.1 Å². The minimum Gasteiger partial charge on any atom is -0.392 e. The van der Waals surface area contributed by atoms with E-state index in [0.29, 0.717) is 5.92 Å². The monoisotopic (exact) mass is 262 g/mol. The number of hydrogen-bond acceptors (Lipinski definition) is 1. The first-order chi connectivity index (χ1) is 9.29. The Morgan fingerprint density at radius 3 is 2.16 bits per heavy atom. The molecule has 0 saturated carbocycles. The third-order valence-corrected chi connectivity index (χ3v) is 3.99. The summed E-state index contributed by atoms with van der Waals surface area (Å²) in [7, 11) is 0. The summed E-state index contributed by atoms with van der Waals surface area (Å²) in [5.41, 5.74) is 1.28. The molecule has 0 spiro atoms. The number of benzene rings is 1. The van der Waals surface area contributed by atoms with Crippen LogP contribution in [0.1, 0.15) is 76.7 Å². The van der Waals surface area contributed by atoms with Crippen molar-refractivity contribution < 1.29 is 5.11 Å². The highest BCUT2D eigenvalue weighted by atomic mass is 16.3. The SMILES string of the molecule is CCCCCCCCC(O)C(CC)c1ccccc1. The van der Waals surface area contributed by atoms with Gasteiger partial charge in [0.1, 0.15) is 0 Å². The van der Waals surface area contributed by atoms with E-state index in [1.54, 1.807) is 0 Å². The van der Waals surface area contributed by atoms with Crippen LogP contribution < -0.4 is 0 Å². The fraction of sp³-hybridized carbons (Fsp3) is 0.667. The molecule has 0 saturated heterocycles. The van der Waals surface area contributed by atoms with E-state index in [1.165, 1.54) is 37.7 Å². The van der Waals surface area contributed by atoms with Gasteiger partial charge in [0, 0.05) is 5.92 Å². The van der Waals surface area contributed by atoms with Gasteiger partial charge in [-0.3, -0.25) is 0 Å². The van der Waals surface area contributed by atoms with E-state index in [-0.39, 0.29) is 6.10 Å². The van der Waals surface area contributed by atoms with Gasteiger partial charge in [0.05, 0.1) is 6.10 Å². The fourth-order valence-electron chi connectivity index (χ4n) is 2.77. The van der Waals surface area contributed by atoms with Gasteiger partial charge in [0.25, 0.3) is 0 Å². The highest BCUT2D eigenvalue weighted by Gasteiger charge is 2.18. The van der Waals surface area contributed by atoms with Crippen LogP contribution >= 0.6 is 0 Å². The molecule has 108 valence electrons. The summed E-state index contributed by atoms with van der Waals surface area (Å²) >= 11 is 0. The number of aliphatic hydroxyl groups is 1. The van der Waals surface area contributed by atoms with Crippen molar-refractivity contribution in [1.82, 2.24) is 0 Å². The first kappa shape index (κ1) is 16.2. The van der Waals surface area contributed by atoms with Gasteiger partial charge in [-0.15, -0.1) is 0 Å². The Balaban J connectivity index is 2.28. The second-order valence-electron chi connectivity index (χ2n) is 5.55. The zero-order chi connectivity index (χ0) is 13.9. The van der Waals surface area contributed by atoms with Crippen LogP contribution in [0.2, 0.25) is 0 Å². The lowest BCUT2D eigenvalue weighted by molar-refractivity contribution is 0.127. The predicted molar refractivity (Wildman–Crippen MR) is 83.5 cm³/mol. The molecule has 1 aromatic carbocycles. The van der Waals surface area contributed by atoms with Crippen molar-refractivity contribution in [3.8, 4) is 0 Å². The maximum atomic E-state index is 10.4. The van der Waals surface area contributed by atoms with Crippen LogP contribution in [0, 0.1) is 0 Å². The van der Waals surface area contributed by atoms with E-state index in [4.69, 9.17) is 0 Å². The minimum atomic E-state index is -0.182. The van der Waals surface area contributed by atoms with Crippen molar-refractivity contribution in [2.24, 2.45) is 0 Å². The summed E-state index contributed by atoms with van der Waals surface area (Å²) in [5, 5.41) is 10.4. The smallest absolute Gasteiger partial charge is 0.0608 e. The third-order valence-electron chi connectivity index (χ3n) is 3.99. The number of rotatable bonds is 10. The molecule has 1 nitrogen and oxygen atoms in total. The van der Waals surface area contributed by atoms with Crippen molar-refractivity contribution in [2.45, 2.75) is 77.2 Å². The topological polar surface area (TPSA) is 20.2 Å². The summed E-state index contributed by atoms with van der Waals surface area (Å²) in [6, 6.07) is 10.4. The van der Waals surface area contributed by atoms with Crippen LogP contribution in [-0.4, -0.2) is 11.2 Å². The highest BCUT2D eigenvalue weighted by molar-refractivity contribution is 5.20. The summed E-state index contributed by atoms with van der Waals surface area (Å²) in [5.74, 6) is 0.303. The molecular formula is C18H30O. The molecule has 19 heavy (non-hydrogen) atoms. The molecule has 0 aromatic heterocycles. The van der Waals surface area contributed by atoms with Crippen LogP contribution in [0.25, 0.3) is 0 Å². The minimum absolute atomic E-state index is 0.182. The molecule has 1 N–H and O–H groups in total. The van der Waals surface area contributed by atoms with Gasteiger partial charge in [-0.2, -0.15) is 0 Å². The van der Waals surface area contributed by atoms with Crippen molar-refractivity contribution in [2.75, 3.05) is 0 Å². The van der Waals surface area contributed by atoms with Crippen LogP contribution in [0.3, 0.4) is 0 Å². The second kappa shape index (κ2) is 10.0. The first-order valence-corrected chi connectivity index (χ1v) is 8.02. The Morgan fingerprint density at radius 2 is 1.53 bits per heavy atom. The Labute approximate surface area is 119 Å². The molecule has 0 aliphatic rings. The number of aliphatic hydroxyl groups excluding tert-OH is 1. The molecule has 0 amide bonds. The van der Waals surface area contributed by atoms with Gasteiger partial charge in [-0.25, -0.2) is 0 Å². The average molecular weight is 262 g/mol. The molecule has 1 heteroatoms. The lowest BCUT2D eigenvalue weighted by Crippen LogP contribution is -2.17. The van der Waals surface area contributed by atoms with Crippen molar-refractivity contribution >= 4 is 0 Å². The molecule has 0 aliphatic carbocycles. The predicted octanol–water partition coefficient (Wildman–Crippen LogP) is 5.29. The van der Waals surface area contributed by atoms with E-state index < -0.39 is 0 Å². The van der Waals surface area contributed by atoms with Gasteiger partial charge in [-0.1, -0.05) is 82.7 Å². The summed E-state index contributed by atoms with van der Waals surface area (Å²) in [6.45, 7) is 4.41. The van der Waals surface area contributed by atoms with Crippen LogP contribution in [0.15, 0.2) is 30.3 Å². The molecule has 1 aromatic rings. The molecule has 0 fully saturated rings. The second-order valence-corrected chi connectivity index (χ2v) is 5.55. The normalized spacial score (nSPS) is 14.3. The van der Waals surface area contributed by atoms with Gasteiger partial charge in [-0.05, 0) is 18.4 Å². The Morgan fingerprint density at radius 1 is 0.895 bits per heavy atom. The van der Waals surface area contributed by atoms with Crippen molar-refractivity contribution in [1.29, 1.82) is 0 Å². The van der Waals surface area contributed by atoms with Gasteiger partial charge in [0.15, 0.2) is 0 Å². The third kappa shape index (κ3) is 6.24. The number of hydrogen-bond donors (Lipinski definition) is 1. The molecule has 0 bridgehead atoms. The van der Waals surface area contributed by atoms with Crippen molar-refractivity contribution in [3.05, 3.63) is 35.9 Å². The maximum absolute atomic E-state index is 10.4. The fourth-order valence-corrected chi connectivity index (χ4v) is 2.77. The Kier molecular flexibility index (Phi) is 8.57. The van der Waals surface area contributed by atoms with Gasteiger partial charge < -0.3 is 5.11 Å². The first-order valence-electron chi connectivity index (χ1n) is 8.02. The van der Waals surface area contributed by atoms with E-state index in [9.17, 15) is 5.11 Å². The zero-order valence-electron chi connectivity index (χ0n) is 12.6. The molecule has 0 aliphatic heterocycles. The summed E-state index contributed by atoms with van der Waals surface area (Å²) < 4.78 is 0. The molecule has 0 heterocycles. The highest BCUT2D eigenvalue weighted by Crippen LogP contribution is 2.26. The summed E-state index contributed by atoms with van der Waals surface area (Å²) in [6.07, 6.45) is 9.53. The van der Waals surface area contributed by atoms with Crippen molar-refractivity contribution in [3.63, 3.8) is 0 Å². The van der Waals surface area contributed by atoms with Gasteiger partial charge >= 0.3 is 0 Å². The Hall–Kier alpha value is -0.820. The lowest BCUT2D eigenvalue weighted by atomic mass is 9.88. The standard InChI is InChI=1S/C18H30O/c1-3-5-6-7-8-12-15-18(19)17(4-2)16-13-10-9-11-14-16/h9-11,13-14,17-19H,3-8,12,15H2,1-2H3. The lowest BCUT2D eigenvalue weighted by Gasteiger charge is -2.22. The molecule has 0 radical (unpaired) electrons. The zero-order valence-corrected chi connectivity index (χ0v) is 12.6. The van der Waals surface area contributed by atoms with E-state index in [1.807, 2.05) is 6.07 Å². The Bertz CT molecular complexity index is 307.